The van der Waals surface area contributed by atoms with Crippen molar-refractivity contribution >= 4 is 21.6 Å². The Labute approximate surface area is 169 Å². The zero-order valence-electron chi connectivity index (χ0n) is 15.5. The molecule has 0 amide bonds. The van der Waals surface area contributed by atoms with Gasteiger partial charge in [-0.3, -0.25) is 0 Å². The summed E-state index contributed by atoms with van der Waals surface area (Å²) in [5.74, 6) is 1.13. The fourth-order valence-corrected chi connectivity index (χ4v) is 5.19. The highest BCUT2D eigenvalue weighted by atomic mass is 35.5. The van der Waals surface area contributed by atoms with Gasteiger partial charge in [-0.05, 0) is 30.5 Å². The first-order valence-electron chi connectivity index (χ1n) is 9.12. The number of hydrogen-bond donors (Lipinski definition) is 0. The maximum atomic E-state index is 13.1. The number of benzene rings is 1. The largest absolute Gasteiger partial charge is 0.444 e. The summed E-state index contributed by atoms with van der Waals surface area (Å²) in [4.78, 5) is 8.42. The number of aromatic nitrogens is 3. The van der Waals surface area contributed by atoms with Crippen molar-refractivity contribution in [3.8, 4) is 0 Å². The van der Waals surface area contributed by atoms with E-state index in [2.05, 4.69) is 9.97 Å². The predicted octanol–water partition coefficient (Wildman–Crippen LogP) is 3.57. The molecular formula is C19H21ClN4O3S. The van der Waals surface area contributed by atoms with Crippen molar-refractivity contribution in [3.05, 3.63) is 65.2 Å². The highest BCUT2D eigenvalue weighted by Gasteiger charge is 2.38. The molecule has 3 aromatic rings. The van der Waals surface area contributed by atoms with E-state index in [4.69, 9.17) is 16.0 Å². The van der Waals surface area contributed by atoms with Crippen LogP contribution >= 0.6 is 11.6 Å². The number of hydrogen-bond acceptors (Lipinski definition) is 5. The zero-order chi connectivity index (χ0) is 19.7. The Hall–Kier alpha value is -2.16. The van der Waals surface area contributed by atoms with E-state index in [-0.39, 0.29) is 5.03 Å². The monoisotopic (exact) mass is 420 g/mol. The van der Waals surface area contributed by atoms with Gasteiger partial charge in [0.1, 0.15) is 11.8 Å². The quantitative estimate of drug-likeness (QED) is 0.630. The summed E-state index contributed by atoms with van der Waals surface area (Å²) >= 11 is 5.93. The summed E-state index contributed by atoms with van der Waals surface area (Å²) in [5.41, 5.74) is 1.05. The van der Waals surface area contributed by atoms with Crippen LogP contribution in [0.3, 0.4) is 0 Å². The Balaban J connectivity index is 1.58. The van der Waals surface area contributed by atoms with Gasteiger partial charge in [-0.25, -0.2) is 18.4 Å². The maximum Gasteiger partial charge on any atom is 0.262 e. The standard InChI is InChI=1S/C19H21ClN4O3S/c1-23-12-18(22-13-23)28(25,26)24-9-3-2-4-17(24)19-21-11-16(27-19)10-14-5-7-15(20)8-6-14/h5-8,11-13,17H,2-4,9-10H2,1H3/t17-/m0/s1. The molecule has 28 heavy (non-hydrogen) atoms. The van der Waals surface area contributed by atoms with Gasteiger partial charge in [0.2, 0.25) is 5.89 Å². The lowest BCUT2D eigenvalue weighted by molar-refractivity contribution is 0.216. The van der Waals surface area contributed by atoms with Crippen LogP contribution in [0.1, 0.15) is 42.5 Å². The summed E-state index contributed by atoms with van der Waals surface area (Å²) < 4.78 is 35.2. The zero-order valence-corrected chi connectivity index (χ0v) is 17.0. The third-order valence-electron chi connectivity index (χ3n) is 4.86. The lowest BCUT2D eigenvalue weighted by Gasteiger charge is -2.31. The number of aryl methyl sites for hydroxylation is 1. The van der Waals surface area contributed by atoms with Crippen LogP contribution in [0.15, 0.2) is 52.4 Å². The van der Waals surface area contributed by atoms with Gasteiger partial charge in [-0.15, -0.1) is 0 Å². The molecule has 3 heterocycles. The molecule has 0 unspecified atom stereocenters. The van der Waals surface area contributed by atoms with Crippen LogP contribution in [0.5, 0.6) is 0 Å². The van der Waals surface area contributed by atoms with Crippen molar-refractivity contribution in [2.75, 3.05) is 6.54 Å². The van der Waals surface area contributed by atoms with Gasteiger partial charge >= 0.3 is 0 Å². The molecule has 1 atom stereocenters. The molecule has 7 nitrogen and oxygen atoms in total. The van der Waals surface area contributed by atoms with E-state index in [1.54, 1.807) is 17.8 Å². The van der Waals surface area contributed by atoms with Gasteiger partial charge < -0.3 is 8.98 Å². The number of piperidine rings is 1. The lowest BCUT2D eigenvalue weighted by atomic mass is 10.1. The van der Waals surface area contributed by atoms with Crippen molar-refractivity contribution in [2.45, 2.75) is 36.8 Å². The van der Waals surface area contributed by atoms with Crippen molar-refractivity contribution in [1.82, 2.24) is 18.8 Å². The Morgan fingerprint density at radius 1 is 1.21 bits per heavy atom. The molecule has 1 aromatic carbocycles. The van der Waals surface area contributed by atoms with Gasteiger partial charge in [0.25, 0.3) is 10.0 Å². The number of rotatable bonds is 5. The highest BCUT2D eigenvalue weighted by molar-refractivity contribution is 7.89. The van der Waals surface area contributed by atoms with Crippen LogP contribution in [0.25, 0.3) is 0 Å². The molecule has 2 aromatic heterocycles. The van der Waals surface area contributed by atoms with Gasteiger partial charge in [-0.2, -0.15) is 4.31 Å². The molecular weight excluding hydrogens is 400 g/mol. The molecule has 1 aliphatic heterocycles. The number of imidazole rings is 1. The molecule has 4 rings (SSSR count). The number of oxazole rings is 1. The van der Waals surface area contributed by atoms with Crippen LogP contribution in [0.4, 0.5) is 0 Å². The van der Waals surface area contributed by atoms with E-state index < -0.39 is 16.1 Å². The molecule has 1 aliphatic rings. The number of nitrogens with zero attached hydrogens (tertiary/aromatic N) is 4. The SMILES string of the molecule is Cn1cnc(S(=O)(=O)N2CCCC[C@H]2c2ncc(Cc3ccc(Cl)cc3)o2)c1. The molecule has 0 spiro atoms. The van der Waals surface area contributed by atoms with Gasteiger partial charge in [-0.1, -0.05) is 30.2 Å². The predicted molar refractivity (Wildman–Crippen MR) is 104 cm³/mol. The van der Waals surface area contributed by atoms with E-state index in [1.807, 2.05) is 24.3 Å². The minimum atomic E-state index is -3.71. The summed E-state index contributed by atoms with van der Waals surface area (Å²) in [5, 5.41) is 0.731. The van der Waals surface area contributed by atoms with Crippen molar-refractivity contribution in [1.29, 1.82) is 0 Å². The summed E-state index contributed by atoms with van der Waals surface area (Å²) in [7, 11) is -1.96. The fraction of sp³-hybridized carbons (Fsp3) is 0.368. The summed E-state index contributed by atoms with van der Waals surface area (Å²) in [6, 6.07) is 7.11. The second-order valence-corrected chi connectivity index (χ2v) is 9.25. The Bertz CT molecular complexity index is 1060. The first kappa shape index (κ1) is 19.2. The molecule has 0 N–H and O–H groups in total. The molecule has 0 radical (unpaired) electrons. The second kappa shape index (κ2) is 7.69. The number of halogens is 1. The summed E-state index contributed by atoms with van der Waals surface area (Å²) in [6.45, 7) is 0.429. The van der Waals surface area contributed by atoms with E-state index in [0.29, 0.717) is 36.1 Å². The first-order chi connectivity index (χ1) is 13.4. The number of sulfonamides is 1. The molecule has 0 saturated carbocycles. The van der Waals surface area contributed by atoms with Crippen LogP contribution < -0.4 is 0 Å². The van der Waals surface area contributed by atoms with Crippen molar-refractivity contribution in [3.63, 3.8) is 0 Å². The summed E-state index contributed by atoms with van der Waals surface area (Å²) in [6.07, 6.45) is 7.65. The molecule has 1 fully saturated rings. The third-order valence-corrected chi connectivity index (χ3v) is 6.90. The van der Waals surface area contributed by atoms with Gasteiger partial charge in [0.15, 0.2) is 5.03 Å². The second-order valence-electron chi connectivity index (χ2n) is 6.97. The molecule has 9 heteroatoms. The lowest BCUT2D eigenvalue weighted by Crippen LogP contribution is -2.38. The van der Waals surface area contributed by atoms with E-state index in [1.165, 1.54) is 16.8 Å². The molecule has 0 aliphatic carbocycles. The minimum Gasteiger partial charge on any atom is -0.444 e. The van der Waals surface area contributed by atoms with Crippen LogP contribution in [-0.2, 0) is 23.5 Å². The van der Waals surface area contributed by atoms with Gasteiger partial charge in [0.05, 0.1) is 12.5 Å². The smallest absolute Gasteiger partial charge is 0.262 e. The Morgan fingerprint density at radius 2 is 2.00 bits per heavy atom. The normalized spacial score (nSPS) is 18.4. The minimum absolute atomic E-state index is 0.0508. The van der Waals surface area contributed by atoms with Crippen molar-refractivity contribution < 1.29 is 12.8 Å². The van der Waals surface area contributed by atoms with E-state index in [0.717, 1.165) is 18.4 Å². The van der Waals surface area contributed by atoms with Crippen molar-refractivity contribution in [2.24, 2.45) is 7.05 Å². The fourth-order valence-electron chi connectivity index (χ4n) is 3.44. The average Bonchev–Trinajstić information content (AvgIpc) is 3.33. The Kier molecular flexibility index (Phi) is 5.27. The molecule has 0 bridgehead atoms. The van der Waals surface area contributed by atoms with E-state index in [9.17, 15) is 8.42 Å². The Morgan fingerprint density at radius 3 is 2.71 bits per heavy atom. The maximum absolute atomic E-state index is 13.1. The van der Waals surface area contributed by atoms with Gasteiger partial charge in [0, 0.05) is 31.2 Å². The first-order valence-corrected chi connectivity index (χ1v) is 10.9. The van der Waals surface area contributed by atoms with E-state index >= 15 is 0 Å². The van der Waals surface area contributed by atoms with Crippen LogP contribution in [0, 0.1) is 0 Å². The molecule has 148 valence electrons. The van der Waals surface area contributed by atoms with Crippen LogP contribution in [-0.4, -0.2) is 33.8 Å². The third kappa shape index (κ3) is 3.85. The highest BCUT2D eigenvalue weighted by Crippen LogP contribution is 2.35. The van der Waals surface area contributed by atoms with Crippen LogP contribution in [0.2, 0.25) is 5.02 Å². The average molecular weight is 421 g/mol. The topological polar surface area (TPSA) is 81.2 Å². The molecule has 1 saturated heterocycles.